The van der Waals surface area contributed by atoms with Crippen molar-refractivity contribution in [1.29, 1.82) is 0 Å². The molecule has 0 radical (unpaired) electrons. The molecule has 1 aliphatic rings. The lowest BCUT2D eigenvalue weighted by molar-refractivity contribution is 0.0746. The van der Waals surface area contributed by atoms with Gasteiger partial charge in [0.2, 0.25) is 0 Å². The SMILES string of the molecule is Cc1c(N)cccc1C(=O)N1CCN(c2ccccc2)CC1. The van der Waals surface area contributed by atoms with Gasteiger partial charge in [0, 0.05) is 43.1 Å². The van der Waals surface area contributed by atoms with Gasteiger partial charge < -0.3 is 15.5 Å². The van der Waals surface area contributed by atoms with Crippen molar-refractivity contribution < 1.29 is 4.79 Å². The van der Waals surface area contributed by atoms with Crippen molar-refractivity contribution >= 4 is 17.3 Å². The smallest absolute Gasteiger partial charge is 0.254 e. The quantitative estimate of drug-likeness (QED) is 0.866. The molecule has 2 aromatic rings. The van der Waals surface area contributed by atoms with Crippen LogP contribution in [0.15, 0.2) is 48.5 Å². The minimum absolute atomic E-state index is 0.0810. The Morgan fingerprint density at radius 2 is 1.64 bits per heavy atom. The highest BCUT2D eigenvalue weighted by Gasteiger charge is 2.23. The summed E-state index contributed by atoms with van der Waals surface area (Å²) in [6.45, 7) is 5.10. The van der Waals surface area contributed by atoms with Crippen LogP contribution in [-0.4, -0.2) is 37.0 Å². The molecule has 2 N–H and O–H groups in total. The Hall–Kier alpha value is -2.49. The van der Waals surface area contributed by atoms with E-state index >= 15 is 0 Å². The zero-order valence-electron chi connectivity index (χ0n) is 12.8. The van der Waals surface area contributed by atoms with Crippen LogP contribution >= 0.6 is 0 Å². The predicted molar refractivity (Wildman–Crippen MR) is 90.1 cm³/mol. The summed E-state index contributed by atoms with van der Waals surface area (Å²) in [5.41, 5.74) is 9.39. The molecule has 1 heterocycles. The molecule has 4 nitrogen and oxygen atoms in total. The zero-order valence-corrected chi connectivity index (χ0v) is 12.8. The molecule has 4 heteroatoms. The van der Waals surface area contributed by atoms with Crippen LogP contribution < -0.4 is 10.6 Å². The Labute approximate surface area is 131 Å². The number of piperazine rings is 1. The Kier molecular flexibility index (Phi) is 4.00. The normalized spacial score (nSPS) is 15.0. The maximum atomic E-state index is 12.7. The van der Waals surface area contributed by atoms with E-state index in [0.29, 0.717) is 11.3 Å². The fourth-order valence-corrected chi connectivity index (χ4v) is 2.86. The van der Waals surface area contributed by atoms with Gasteiger partial charge >= 0.3 is 0 Å². The molecule has 1 saturated heterocycles. The summed E-state index contributed by atoms with van der Waals surface area (Å²) in [7, 11) is 0. The number of nitrogens with zero attached hydrogens (tertiary/aromatic N) is 2. The number of carbonyl (C=O) groups excluding carboxylic acids is 1. The molecule has 1 aliphatic heterocycles. The Morgan fingerprint density at radius 1 is 0.955 bits per heavy atom. The van der Waals surface area contributed by atoms with E-state index in [-0.39, 0.29) is 5.91 Å². The molecule has 0 spiro atoms. The second-order valence-electron chi connectivity index (χ2n) is 5.63. The average molecular weight is 295 g/mol. The van der Waals surface area contributed by atoms with Crippen molar-refractivity contribution in [3.8, 4) is 0 Å². The van der Waals surface area contributed by atoms with Crippen molar-refractivity contribution in [1.82, 2.24) is 4.90 Å². The number of hydrogen-bond acceptors (Lipinski definition) is 3. The third-order valence-electron chi connectivity index (χ3n) is 4.29. The van der Waals surface area contributed by atoms with Gasteiger partial charge in [-0.15, -0.1) is 0 Å². The van der Waals surface area contributed by atoms with Crippen LogP contribution in [0.3, 0.4) is 0 Å². The van der Waals surface area contributed by atoms with Crippen LogP contribution in [0.25, 0.3) is 0 Å². The van der Waals surface area contributed by atoms with Gasteiger partial charge in [0.05, 0.1) is 0 Å². The minimum Gasteiger partial charge on any atom is -0.398 e. The van der Waals surface area contributed by atoms with Gasteiger partial charge in [0.25, 0.3) is 5.91 Å². The van der Waals surface area contributed by atoms with E-state index in [1.54, 1.807) is 0 Å². The molecule has 0 bridgehead atoms. The van der Waals surface area contributed by atoms with Crippen molar-refractivity contribution in [2.45, 2.75) is 6.92 Å². The van der Waals surface area contributed by atoms with E-state index in [1.807, 2.05) is 48.2 Å². The van der Waals surface area contributed by atoms with Crippen LogP contribution in [0.2, 0.25) is 0 Å². The van der Waals surface area contributed by atoms with E-state index in [9.17, 15) is 4.79 Å². The average Bonchev–Trinajstić information content (AvgIpc) is 2.58. The highest BCUT2D eigenvalue weighted by molar-refractivity contribution is 5.97. The van der Waals surface area contributed by atoms with Gasteiger partial charge in [-0.05, 0) is 36.8 Å². The number of carbonyl (C=O) groups is 1. The molecule has 114 valence electrons. The summed E-state index contributed by atoms with van der Waals surface area (Å²) in [5, 5.41) is 0. The van der Waals surface area contributed by atoms with E-state index in [4.69, 9.17) is 5.73 Å². The van der Waals surface area contributed by atoms with Crippen LogP contribution in [0.1, 0.15) is 15.9 Å². The lowest BCUT2D eigenvalue weighted by Gasteiger charge is -2.36. The minimum atomic E-state index is 0.0810. The van der Waals surface area contributed by atoms with E-state index in [1.165, 1.54) is 5.69 Å². The van der Waals surface area contributed by atoms with Gasteiger partial charge in [-0.2, -0.15) is 0 Å². The van der Waals surface area contributed by atoms with E-state index < -0.39 is 0 Å². The molecule has 22 heavy (non-hydrogen) atoms. The topological polar surface area (TPSA) is 49.6 Å². The van der Waals surface area contributed by atoms with Gasteiger partial charge in [-0.3, -0.25) is 4.79 Å². The number of para-hydroxylation sites is 1. The maximum absolute atomic E-state index is 12.7. The molecule has 0 unspecified atom stereocenters. The summed E-state index contributed by atoms with van der Waals surface area (Å²) < 4.78 is 0. The Balaban J connectivity index is 1.69. The third-order valence-corrected chi connectivity index (χ3v) is 4.29. The number of rotatable bonds is 2. The first-order chi connectivity index (χ1) is 10.7. The van der Waals surface area contributed by atoms with Gasteiger partial charge in [-0.1, -0.05) is 24.3 Å². The monoisotopic (exact) mass is 295 g/mol. The second-order valence-corrected chi connectivity index (χ2v) is 5.63. The molecule has 0 atom stereocenters. The van der Waals surface area contributed by atoms with Gasteiger partial charge in [-0.25, -0.2) is 0 Å². The summed E-state index contributed by atoms with van der Waals surface area (Å²) in [6, 6.07) is 15.9. The van der Waals surface area contributed by atoms with Crippen molar-refractivity contribution in [2.24, 2.45) is 0 Å². The van der Waals surface area contributed by atoms with Crippen LogP contribution in [-0.2, 0) is 0 Å². The highest BCUT2D eigenvalue weighted by atomic mass is 16.2. The zero-order chi connectivity index (χ0) is 15.5. The van der Waals surface area contributed by atoms with Crippen LogP contribution in [0, 0.1) is 6.92 Å². The predicted octanol–water partition coefficient (Wildman–Crippen LogP) is 2.54. The van der Waals surface area contributed by atoms with Crippen molar-refractivity contribution in [3.05, 3.63) is 59.7 Å². The fourth-order valence-electron chi connectivity index (χ4n) is 2.86. The lowest BCUT2D eigenvalue weighted by atomic mass is 10.1. The number of anilines is 2. The first-order valence-corrected chi connectivity index (χ1v) is 7.61. The Morgan fingerprint density at radius 3 is 2.32 bits per heavy atom. The summed E-state index contributed by atoms with van der Waals surface area (Å²) in [4.78, 5) is 16.9. The van der Waals surface area contributed by atoms with Crippen LogP contribution in [0.5, 0.6) is 0 Å². The standard InChI is InChI=1S/C18H21N3O/c1-14-16(8-5-9-17(14)19)18(22)21-12-10-20(11-13-21)15-6-3-2-4-7-15/h2-9H,10-13,19H2,1H3. The third kappa shape index (κ3) is 2.77. The van der Waals surface area contributed by atoms with Crippen molar-refractivity contribution in [2.75, 3.05) is 36.8 Å². The Bertz CT molecular complexity index is 661. The molecule has 0 saturated carbocycles. The van der Waals surface area contributed by atoms with Crippen LogP contribution in [0.4, 0.5) is 11.4 Å². The summed E-state index contributed by atoms with van der Waals surface area (Å²) in [6.07, 6.45) is 0. The number of nitrogen functional groups attached to an aromatic ring is 1. The molecule has 3 rings (SSSR count). The molecule has 0 aromatic heterocycles. The molecular weight excluding hydrogens is 274 g/mol. The van der Waals surface area contributed by atoms with Crippen molar-refractivity contribution in [3.63, 3.8) is 0 Å². The number of hydrogen-bond donors (Lipinski definition) is 1. The number of nitrogens with two attached hydrogens (primary N) is 1. The number of benzene rings is 2. The first kappa shape index (κ1) is 14.4. The highest BCUT2D eigenvalue weighted by Crippen LogP contribution is 2.20. The molecule has 1 fully saturated rings. The summed E-state index contributed by atoms with van der Waals surface area (Å²) >= 11 is 0. The molecule has 2 aromatic carbocycles. The lowest BCUT2D eigenvalue weighted by Crippen LogP contribution is -2.49. The molecular formula is C18H21N3O. The fraction of sp³-hybridized carbons (Fsp3) is 0.278. The second kappa shape index (κ2) is 6.10. The number of amides is 1. The largest absolute Gasteiger partial charge is 0.398 e. The summed E-state index contributed by atoms with van der Waals surface area (Å²) in [5.74, 6) is 0.0810. The van der Waals surface area contributed by atoms with Gasteiger partial charge in [0.1, 0.15) is 0 Å². The molecule has 1 amide bonds. The van der Waals surface area contributed by atoms with E-state index in [0.717, 1.165) is 31.7 Å². The molecule has 0 aliphatic carbocycles. The maximum Gasteiger partial charge on any atom is 0.254 e. The first-order valence-electron chi connectivity index (χ1n) is 7.61. The van der Waals surface area contributed by atoms with Gasteiger partial charge in [0.15, 0.2) is 0 Å². The van der Waals surface area contributed by atoms with E-state index in [2.05, 4.69) is 17.0 Å².